The largest absolute Gasteiger partial charge is 0.497 e. The van der Waals surface area contributed by atoms with Gasteiger partial charge in [0.05, 0.1) is 11.6 Å². The van der Waals surface area contributed by atoms with Gasteiger partial charge in [0.25, 0.3) is 5.91 Å². The highest BCUT2D eigenvalue weighted by Crippen LogP contribution is 2.26. The topological polar surface area (TPSA) is 47.6 Å². The van der Waals surface area contributed by atoms with Crippen LogP contribution in [0.15, 0.2) is 46.9 Å². The van der Waals surface area contributed by atoms with E-state index >= 15 is 0 Å². The van der Waals surface area contributed by atoms with Crippen LogP contribution in [-0.2, 0) is 11.2 Å². The number of nitrogens with one attached hydrogen (secondary N) is 1. The van der Waals surface area contributed by atoms with Gasteiger partial charge >= 0.3 is 0 Å². The first kappa shape index (κ1) is 18.3. The van der Waals surface area contributed by atoms with E-state index < -0.39 is 6.10 Å². The fourth-order valence-electron chi connectivity index (χ4n) is 2.21. The van der Waals surface area contributed by atoms with Crippen LogP contribution in [0.4, 0.5) is 0 Å². The number of hydrogen-bond acceptors (Lipinski definition) is 3. The quantitative estimate of drug-likeness (QED) is 0.778. The van der Waals surface area contributed by atoms with Gasteiger partial charge in [-0.15, -0.1) is 0 Å². The minimum absolute atomic E-state index is 0.129. The Hall–Kier alpha value is -2.01. The first-order valence-corrected chi connectivity index (χ1v) is 8.62. The maximum Gasteiger partial charge on any atom is 0.260 e. The van der Waals surface area contributed by atoms with Crippen LogP contribution >= 0.6 is 15.9 Å². The molecule has 1 N–H and O–H groups in total. The third-order valence-corrected chi connectivity index (χ3v) is 4.25. The van der Waals surface area contributed by atoms with E-state index in [-0.39, 0.29) is 5.91 Å². The molecule has 128 valence electrons. The van der Waals surface area contributed by atoms with Crippen molar-refractivity contribution < 1.29 is 14.3 Å². The van der Waals surface area contributed by atoms with Crippen LogP contribution < -0.4 is 14.8 Å². The number of carbonyl (C=O) groups is 1. The number of halogens is 1. The maximum atomic E-state index is 12.1. The van der Waals surface area contributed by atoms with Crippen molar-refractivity contribution in [1.82, 2.24) is 5.32 Å². The standard InChI is InChI=1S/C19H22BrNO3/c1-13-4-9-18(17(20)12-13)24-14(2)19(22)21-11-10-15-5-7-16(23-3)8-6-15/h4-9,12,14H,10-11H2,1-3H3,(H,21,22). The lowest BCUT2D eigenvalue weighted by Gasteiger charge is -2.16. The molecule has 1 amide bonds. The lowest BCUT2D eigenvalue weighted by molar-refractivity contribution is -0.127. The molecule has 2 aromatic rings. The van der Waals surface area contributed by atoms with Gasteiger partial charge in [-0.1, -0.05) is 18.2 Å². The average molecular weight is 392 g/mol. The van der Waals surface area contributed by atoms with Crippen LogP contribution in [0.1, 0.15) is 18.1 Å². The minimum atomic E-state index is -0.556. The van der Waals surface area contributed by atoms with Crippen molar-refractivity contribution in [3.8, 4) is 11.5 Å². The van der Waals surface area contributed by atoms with Gasteiger partial charge in [-0.05, 0) is 71.6 Å². The maximum absolute atomic E-state index is 12.1. The van der Waals surface area contributed by atoms with Crippen molar-refractivity contribution in [2.75, 3.05) is 13.7 Å². The molecule has 0 saturated carbocycles. The summed E-state index contributed by atoms with van der Waals surface area (Å²) in [6.45, 7) is 4.31. The first-order valence-electron chi connectivity index (χ1n) is 7.83. The predicted molar refractivity (Wildman–Crippen MR) is 98.7 cm³/mol. The van der Waals surface area contributed by atoms with E-state index in [2.05, 4.69) is 21.2 Å². The summed E-state index contributed by atoms with van der Waals surface area (Å²) in [6, 6.07) is 13.6. The fourth-order valence-corrected chi connectivity index (χ4v) is 2.80. The zero-order valence-electron chi connectivity index (χ0n) is 14.1. The van der Waals surface area contributed by atoms with E-state index in [1.807, 2.05) is 49.4 Å². The van der Waals surface area contributed by atoms with Crippen molar-refractivity contribution in [3.05, 3.63) is 58.1 Å². The third kappa shape index (κ3) is 5.27. The summed E-state index contributed by atoms with van der Waals surface area (Å²) in [5, 5.41) is 2.90. The Kier molecular flexibility index (Phi) is 6.67. The number of amides is 1. The Morgan fingerprint density at radius 1 is 1.21 bits per heavy atom. The van der Waals surface area contributed by atoms with E-state index in [9.17, 15) is 4.79 Å². The molecule has 0 bridgehead atoms. The highest BCUT2D eigenvalue weighted by atomic mass is 79.9. The Morgan fingerprint density at radius 3 is 2.54 bits per heavy atom. The molecule has 0 fully saturated rings. The van der Waals surface area contributed by atoms with Crippen molar-refractivity contribution in [2.45, 2.75) is 26.4 Å². The normalized spacial score (nSPS) is 11.7. The molecule has 1 atom stereocenters. The zero-order chi connectivity index (χ0) is 17.5. The number of aryl methyl sites for hydroxylation is 1. The monoisotopic (exact) mass is 391 g/mol. The van der Waals surface area contributed by atoms with E-state index in [0.717, 1.165) is 27.8 Å². The van der Waals surface area contributed by atoms with Crippen molar-refractivity contribution >= 4 is 21.8 Å². The summed E-state index contributed by atoms with van der Waals surface area (Å²) in [6.07, 6.45) is 0.205. The second-order valence-corrected chi connectivity index (χ2v) is 6.44. The lowest BCUT2D eigenvalue weighted by atomic mass is 10.1. The zero-order valence-corrected chi connectivity index (χ0v) is 15.7. The molecule has 0 saturated heterocycles. The van der Waals surface area contributed by atoms with Crippen LogP contribution in [0.25, 0.3) is 0 Å². The van der Waals surface area contributed by atoms with E-state index in [0.29, 0.717) is 12.3 Å². The van der Waals surface area contributed by atoms with Crippen LogP contribution in [0.5, 0.6) is 11.5 Å². The third-order valence-electron chi connectivity index (χ3n) is 3.63. The Balaban J connectivity index is 1.80. The summed E-state index contributed by atoms with van der Waals surface area (Å²) in [7, 11) is 1.64. The average Bonchev–Trinajstić information content (AvgIpc) is 2.57. The van der Waals surface area contributed by atoms with Gasteiger partial charge in [0, 0.05) is 6.54 Å². The Labute approximate surface area is 151 Å². The SMILES string of the molecule is COc1ccc(CCNC(=O)C(C)Oc2ccc(C)cc2Br)cc1. The van der Waals surface area contributed by atoms with Crippen molar-refractivity contribution in [2.24, 2.45) is 0 Å². The van der Waals surface area contributed by atoms with Gasteiger partial charge in [-0.2, -0.15) is 0 Å². The second kappa shape index (κ2) is 8.73. The molecule has 2 aromatic carbocycles. The van der Waals surface area contributed by atoms with E-state index in [1.54, 1.807) is 14.0 Å². The van der Waals surface area contributed by atoms with Gasteiger partial charge < -0.3 is 14.8 Å². The van der Waals surface area contributed by atoms with Crippen LogP contribution in [-0.4, -0.2) is 25.7 Å². The molecule has 2 rings (SSSR count). The molecule has 0 radical (unpaired) electrons. The van der Waals surface area contributed by atoms with Crippen molar-refractivity contribution in [3.63, 3.8) is 0 Å². The summed E-state index contributed by atoms with van der Waals surface area (Å²) in [5.74, 6) is 1.36. The first-order chi connectivity index (χ1) is 11.5. The predicted octanol–water partition coefficient (Wildman–Crippen LogP) is 3.89. The molecule has 0 aliphatic carbocycles. The molecule has 5 heteroatoms. The lowest BCUT2D eigenvalue weighted by Crippen LogP contribution is -2.37. The molecule has 0 aliphatic rings. The highest BCUT2D eigenvalue weighted by molar-refractivity contribution is 9.10. The number of ether oxygens (including phenoxy) is 2. The molecule has 0 spiro atoms. The molecular formula is C19H22BrNO3. The summed E-state index contributed by atoms with van der Waals surface area (Å²) >= 11 is 3.45. The van der Waals surface area contributed by atoms with Gasteiger partial charge in [-0.25, -0.2) is 0 Å². The minimum Gasteiger partial charge on any atom is -0.497 e. The van der Waals surface area contributed by atoms with Gasteiger partial charge in [0.2, 0.25) is 0 Å². The molecular weight excluding hydrogens is 370 g/mol. The smallest absolute Gasteiger partial charge is 0.260 e. The number of methoxy groups -OCH3 is 1. The number of carbonyl (C=O) groups excluding carboxylic acids is 1. The van der Waals surface area contributed by atoms with Crippen LogP contribution in [0, 0.1) is 6.92 Å². The molecule has 1 unspecified atom stereocenters. The molecule has 0 aromatic heterocycles. The Bertz CT molecular complexity index is 686. The van der Waals surface area contributed by atoms with Gasteiger partial charge in [0.1, 0.15) is 11.5 Å². The fraction of sp³-hybridized carbons (Fsp3) is 0.316. The molecule has 0 heterocycles. The van der Waals surface area contributed by atoms with Crippen molar-refractivity contribution in [1.29, 1.82) is 0 Å². The number of hydrogen-bond donors (Lipinski definition) is 1. The van der Waals surface area contributed by atoms with Gasteiger partial charge in [-0.3, -0.25) is 4.79 Å². The van der Waals surface area contributed by atoms with Gasteiger partial charge in [0.15, 0.2) is 6.10 Å². The molecule has 24 heavy (non-hydrogen) atoms. The molecule has 0 aliphatic heterocycles. The molecule has 4 nitrogen and oxygen atoms in total. The van der Waals surface area contributed by atoms with E-state index in [1.165, 1.54) is 0 Å². The summed E-state index contributed by atoms with van der Waals surface area (Å²) in [5.41, 5.74) is 2.27. The van der Waals surface area contributed by atoms with E-state index in [4.69, 9.17) is 9.47 Å². The number of rotatable bonds is 7. The highest BCUT2D eigenvalue weighted by Gasteiger charge is 2.15. The Morgan fingerprint density at radius 2 is 1.92 bits per heavy atom. The van der Waals surface area contributed by atoms with Crippen LogP contribution in [0.2, 0.25) is 0 Å². The summed E-state index contributed by atoms with van der Waals surface area (Å²) in [4.78, 5) is 12.1. The second-order valence-electron chi connectivity index (χ2n) is 5.58. The summed E-state index contributed by atoms with van der Waals surface area (Å²) < 4.78 is 11.7. The van der Waals surface area contributed by atoms with Crippen LogP contribution in [0.3, 0.4) is 0 Å². The number of benzene rings is 2.